The summed E-state index contributed by atoms with van der Waals surface area (Å²) in [5, 5.41) is 2.80. The van der Waals surface area contributed by atoms with Crippen LogP contribution in [0.3, 0.4) is 0 Å². The van der Waals surface area contributed by atoms with E-state index in [1.165, 1.54) is 24.3 Å². The van der Waals surface area contributed by atoms with Gasteiger partial charge in [-0.2, -0.15) is 0 Å². The molecule has 0 aromatic heterocycles. The molecule has 0 aliphatic heterocycles. The fourth-order valence-electron chi connectivity index (χ4n) is 1.89. The first-order chi connectivity index (χ1) is 10.5. The molecule has 0 aliphatic rings. The smallest absolute Gasteiger partial charge is 0.228 e. The molecule has 0 aliphatic carbocycles. The number of aryl methyl sites for hydroxylation is 1. The van der Waals surface area contributed by atoms with E-state index in [1.54, 1.807) is 6.92 Å². The highest BCUT2D eigenvalue weighted by Crippen LogP contribution is 2.14. The molecule has 2 rings (SSSR count). The van der Waals surface area contributed by atoms with Gasteiger partial charge in [0.1, 0.15) is 5.82 Å². The van der Waals surface area contributed by atoms with Gasteiger partial charge in [0.05, 0.1) is 10.8 Å². The Labute approximate surface area is 132 Å². The molecule has 1 N–H and O–H groups in total. The summed E-state index contributed by atoms with van der Waals surface area (Å²) in [5.74, 6) is -0.763. The zero-order chi connectivity index (χ0) is 16.1. The van der Waals surface area contributed by atoms with Crippen molar-refractivity contribution in [2.75, 3.05) is 11.1 Å². The number of halogens is 1. The predicted octanol–water partition coefficient (Wildman–Crippen LogP) is 3.52. The molecule has 0 bridgehead atoms. The normalized spacial score (nSPS) is 13.4. The van der Waals surface area contributed by atoms with E-state index < -0.39 is 16.7 Å². The number of amides is 1. The van der Waals surface area contributed by atoms with Gasteiger partial charge in [-0.3, -0.25) is 9.00 Å². The highest BCUT2D eigenvalue weighted by Gasteiger charge is 2.17. The zero-order valence-electron chi connectivity index (χ0n) is 12.5. The van der Waals surface area contributed by atoms with E-state index in [0.717, 1.165) is 11.3 Å². The summed E-state index contributed by atoms with van der Waals surface area (Å²) >= 11 is 0. The fraction of sp³-hybridized carbons (Fsp3) is 0.235. The summed E-state index contributed by atoms with van der Waals surface area (Å²) in [6.45, 7) is 3.70. The third kappa shape index (κ3) is 4.49. The molecule has 5 heteroatoms. The highest BCUT2D eigenvalue weighted by molar-refractivity contribution is 7.85. The third-order valence-electron chi connectivity index (χ3n) is 3.24. The van der Waals surface area contributed by atoms with E-state index in [4.69, 9.17) is 0 Å². The molecule has 0 heterocycles. The van der Waals surface area contributed by atoms with E-state index >= 15 is 0 Å². The SMILES string of the molecule is Cc1ccc(NC(=O)C(C)CS(=O)c2ccc(F)cc2)cc1. The first-order valence-electron chi connectivity index (χ1n) is 6.97. The van der Waals surface area contributed by atoms with E-state index in [-0.39, 0.29) is 17.5 Å². The molecule has 0 spiro atoms. The minimum Gasteiger partial charge on any atom is -0.326 e. The zero-order valence-corrected chi connectivity index (χ0v) is 13.3. The lowest BCUT2D eigenvalue weighted by Crippen LogP contribution is -2.25. The van der Waals surface area contributed by atoms with Gasteiger partial charge in [0, 0.05) is 22.3 Å². The minimum atomic E-state index is -1.33. The maximum Gasteiger partial charge on any atom is 0.228 e. The van der Waals surface area contributed by atoms with Crippen LogP contribution in [0, 0.1) is 18.7 Å². The fourth-order valence-corrected chi connectivity index (χ4v) is 3.13. The Kier molecular flexibility index (Phi) is 5.44. The molecule has 2 aromatic carbocycles. The van der Waals surface area contributed by atoms with Crippen molar-refractivity contribution in [3.63, 3.8) is 0 Å². The summed E-state index contributed by atoms with van der Waals surface area (Å²) in [6, 6.07) is 13.0. The Hall–Kier alpha value is -2.01. The van der Waals surface area contributed by atoms with Gasteiger partial charge in [-0.25, -0.2) is 4.39 Å². The third-order valence-corrected chi connectivity index (χ3v) is 4.85. The maximum absolute atomic E-state index is 12.8. The van der Waals surface area contributed by atoms with Crippen LogP contribution in [0.2, 0.25) is 0 Å². The molecule has 0 saturated heterocycles. The number of benzene rings is 2. The van der Waals surface area contributed by atoms with Gasteiger partial charge in [0.2, 0.25) is 5.91 Å². The van der Waals surface area contributed by atoms with E-state index in [1.807, 2.05) is 31.2 Å². The van der Waals surface area contributed by atoms with Crippen LogP contribution in [0.1, 0.15) is 12.5 Å². The minimum absolute atomic E-state index is 0.181. The second kappa shape index (κ2) is 7.31. The Morgan fingerprint density at radius 1 is 1.14 bits per heavy atom. The molecule has 0 saturated carbocycles. The molecule has 0 radical (unpaired) electrons. The second-order valence-electron chi connectivity index (χ2n) is 5.22. The van der Waals surface area contributed by atoms with Gasteiger partial charge in [0.25, 0.3) is 0 Å². The topological polar surface area (TPSA) is 46.2 Å². The van der Waals surface area contributed by atoms with Gasteiger partial charge in [0.15, 0.2) is 0 Å². The molecule has 2 aromatic rings. The maximum atomic E-state index is 12.8. The Balaban J connectivity index is 1.94. The molecular weight excluding hydrogens is 301 g/mol. The predicted molar refractivity (Wildman–Crippen MR) is 86.6 cm³/mol. The van der Waals surface area contributed by atoms with Gasteiger partial charge < -0.3 is 5.32 Å². The Bertz CT molecular complexity index is 668. The molecular formula is C17H18FNO2S. The van der Waals surface area contributed by atoms with Crippen LogP contribution in [0.5, 0.6) is 0 Å². The first kappa shape index (κ1) is 16.4. The molecule has 2 unspecified atom stereocenters. The van der Waals surface area contributed by atoms with Crippen molar-refractivity contribution in [3.05, 3.63) is 59.9 Å². The largest absolute Gasteiger partial charge is 0.326 e. The standard InChI is InChI=1S/C17H18FNO2S/c1-12-3-7-15(8-4-12)19-17(20)13(2)11-22(21)16-9-5-14(18)6-10-16/h3-10,13H,11H2,1-2H3,(H,19,20). The number of carbonyl (C=O) groups is 1. The summed E-state index contributed by atoms with van der Waals surface area (Å²) in [7, 11) is -1.33. The van der Waals surface area contributed by atoms with Crippen molar-refractivity contribution < 1.29 is 13.4 Å². The van der Waals surface area contributed by atoms with Crippen LogP contribution in [-0.4, -0.2) is 15.9 Å². The summed E-state index contributed by atoms with van der Waals surface area (Å²) < 4.78 is 25.0. The number of hydrogen-bond donors (Lipinski definition) is 1. The monoisotopic (exact) mass is 319 g/mol. The van der Waals surface area contributed by atoms with Gasteiger partial charge in [-0.15, -0.1) is 0 Å². The molecule has 22 heavy (non-hydrogen) atoms. The van der Waals surface area contributed by atoms with E-state index in [9.17, 15) is 13.4 Å². The van der Waals surface area contributed by atoms with Crippen LogP contribution >= 0.6 is 0 Å². The summed E-state index contributed by atoms with van der Waals surface area (Å²) in [4.78, 5) is 12.6. The van der Waals surface area contributed by atoms with Crippen molar-refractivity contribution in [1.29, 1.82) is 0 Å². The Morgan fingerprint density at radius 2 is 1.73 bits per heavy atom. The number of carbonyl (C=O) groups excluding carboxylic acids is 1. The van der Waals surface area contributed by atoms with Crippen LogP contribution in [-0.2, 0) is 15.6 Å². The highest BCUT2D eigenvalue weighted by atomic mass is 32.2. The van der Waals surface area contributed by atoms with Gasteiger partial charge in [-0.1, -0.05) is 24.6 Å². The number of anilines is 1. The lowest BCUT2D eigenvalue weighted by atomic mass is 10.2. The molecule has 3 nitrogen and oxygen atoms in total. The number of rotatable bonds is 5. The average molecular weight is 319 g/mol. The Morgan fingerprint density at radius 3 is 2.32 bits per heavy atom. The number of nitrogens with one attached hydrogen (secondary N) is 1. The van der Waals surface area contributed by atoms with Crippen LogP contribution in [0.4, 0.5) is 10.1 Å². The van der Waals surface area contributed by atoms with Crippen LogP contribution < -0.4 is 5.32 Å². The van der Waals surface area contributed by atoms with Gasteiger partial charge >= 0.3 is 0 Å². The quantitative estimate of drug-likeness (QED) is 0.916. The van der Waals surface area contributed by atoms with Crippen molar-refractivity contribution in [1.82, 2.24) is 0 Å². The van der Waals surface area contributed by atoms with Crippen LogP contribution in [0.25, 0.3) is 0 Å². The molecule has 2 atom stereocenters. The summed E-state index contributed by atoms with van der Waals surface area (Å²) in [6.07, 6.45) is 0. The number of hydrogen-bond acceptors (Lipinski definition) is 2. The lowest BCUT2D eigenvalue weighted by Gasteiger charge is -2.12. The van der Waals surface area contributed by atoms with Crippen LogP contribution in [0.15, 0.2) is 53.4 Å². The molecule has 1 amide bonds. The lowest BCUT2D eigenvalue weighted by molar-refractivity contribution is -0.118. The summed E-state index contributed by atoms with van der Waals surface area (Å²) in [5.41, 5.74) is 1.83. The van der Waals surface area contributed by atoms with Crippen molar-refractivity contribution in [2.24, 2.45) is 5.92 Å². The van der Waals surface area contributed by atoms with E-state index in [2.05, 4.69) is 5.32 Å². The van der Waals surface area contributed by atoms with E-state index in [0.29, 0.717) is 4.90 Å². The van der Waals surface area contributed by atoms with Crippen molar-refractivity contribution in [2.45, 2.75) is 18.7 Å². The first-order valence-corrected chi connectivity index (χ1v) is 8.29. The van der Waals surface area contributed by atoms with Crippen molar-refractivity contribution in [3.8, 4) is 0 Å². The average Bonchev–Trinajstić information content (AvgIpc) is 2.50. The molecule has 0 fully saturated rings. The van der Waals surface area contributed by atoms with Crippen molar-refractivity contribution >= 4 is 22.4 Å². The second-order valence-corrected chi connectivity index (χ2v) is 6.72. The molecule has 116 valence electrons. The van der Waals surface area contributed by atoms with Gasteiger partial charge in [-0.05, 0) is 43.3 Å².